The minimum Gasteiger partial charge on any atom is -0.370 e. The summed E-state index contributed by atoms with van der Waals surface area (Å²) in [5.74, 6) is 1.14. The van der Waals surface area contributed by atoms with Gasteiger partial charge in [0.15, 0.2) is 0 Å². The second kappa shape index (κ2) is 7.64. The maximum Gasteiger partial charge on any atom is 0.243 e. The van der Waals surface area contributed by atoms with Gasteiger partial charge in [-0.1, -0.05) is 18.2 Å². The minimum atomic E-state index is -3.39. The van der Waals surface area contributed by atoms with Gasteiger partial charge in [-0.25, -0.2) is 13.4 Å². The lowest BCUT2D eigenvalue weighted by atomic mass is 9.98. The van der Waals surface area contributed by atoms with Crippen LogP contribution >= 0.6 is 0 Å². The number of nitriles is 1. The smallest absolute Gasteiger partial charge is 0.243 e. The van der Waals surface area contributed by atoms with Crippen LogP contribution in [-0.4, -0.2) is 37.3 Å². The maximum atomic E-state index is 12.6. The lowest BCUT2D eigenvalue weighted by molar-refractivity contribution is 0.282. The summed E-state index contributed by atoms with van der Waals surface area (Å²) in [6, 6.07) is 14.1. The lowest BCUT2D eigenvalue weighted by Crippen LogP contribution is -2.39. The van der Waals surface area contributed by atoms with Crippen molar-refractivity contribution in [3.8, 4) is 6.07 Å². The maximum absolute atomic E-state index is 12.6. The Morgan fingerprint density at radius 3 is 2.48 bits per heavy atom. The highest BCUT2D eigenvalue weighted by molar-refractivity contribution is 7.89. The molecule has 1 saturated heterocycles. The number of piperidine rings is 1. The number of benzene rings is 1. The summed E-state index contributed by atoms with van der Waals surface area (Å²) < 4.78 is 26.8. The van der Waals surface area contributed by atoms with Crippen LogP contribution in [0.5, 0.6) is 0 Å². The van der Waals surface area contributed by atoms with Crippen molar-refractivity contribution in [2.75, 3.05) is 25.0 Å². The van der Waals surface area contributed by atoms with E-state index in [0.29, 0.717) is 29.5 Å². The molecule has 0 unspecified atom stereocenters. The van der Waals surface area contributed by atoms with Crippen LogP contribution in [0.2, 0.25) is 0 Å². The minimum absolute atomic E-state index is 0.355. The van der Waals surface area contributed by atoms with E-state index in [1.807, 2.05) is 12.1 Å². The fraction of sp³-hybridized carbons (Fsp3) is 0.333. The van der Waals surface area contributed by atoms with Crippen LogP contribution in [0.4, 0.5) is 5.82 Å². The Morgan fingerprint density at radius 2 is 1.88 bits per heavy atom. The van der Waals surface area contributed by atoms with E-state index in [0.717, 1.165) is 25.2 Å². The normalized spacial score (nSPS) is 16.3. The molecule has 130 valence electrons. The summed E-state index contributed by atoms with van der Waals surface area (Å²) in [6.07, 6.45) is 3.17. The molecule has 1 N–H and O–H groups in total. The van der Waals surface area contributed by atoms with Gasteiger partial charge in [0.05, 0.1) is 10.5 Å². The van der Waals surface area contributed by atoms with Crippen LogP contribution in [0, 0.1) is 17.2 Å². The Labute approximate surface area is 148 Å². The summed E-state index contributed by atoms with van der Waals surface area (Å²) in [5.41, 5.74) is 0.532. The van der Waals surface area contributed by atoms with E-state index < -0.39 is 10.0 Å². The molecule has 1 aliphatic heterocycles. The predicted octanol–water partition coefficient (Wildman–Crippen LogP) is 2.47. The molecular weight excluding hydrogens is 336 g/mol. The van der Waals surface area contributed by atoms with Gasteiger partial charge in [0.1, 0.15) is 11.9 Å². The van der Waals surface area contributed by atoms with E-state index in [2.05, 4.69) is 10.3 Å². The predicted molar refractivity (Wildman–Crippen MR) is 95.4 cm³/mol. The zero-order chi connectivity index (χ0) is 17.7. The largest absolute Gasteiger partial charge is 0.370 e. The Balaban J connectivity index is 1.52. The van der Waals surface area contributed by atoms with Gasteiger partial charge in [-0.3, -0.25) is 0 Å². The fourth-order valence-corrected chi connectivity index (χ4v) is 4.40. The number of hydrogen-bond donors (Lipinski definition) is 1. The average molecular weight is 356 g/mol. The van der Waals surface area contributed by atoms with Crippen LogP contribution in [-0.2, 0) is 10.0 Å². The molecule has 1 aliphatic rings. The van der Waals surface area contributed by atoms with E-state index in [4.69, 9.17) is 5.26 Å². The summed E-state index contributed by atoms with van der Waals surface area (Å²) in [4.78, 5) is 4.54. The molecule has 0 bridgehead atoms. The topological polar surface area (TPSA) is 86.1 Å². The summed E-state index contributed by atoms with van der Waals surface area (Å²) in [5, 5.41) is 12.0. The first-order chi connectivity index (χ1) is 12.1. The third-order valence-electron chi connectivity index (χ3n) is 4.42. The van der Waals surface area contributed by atoms with E-state index in [9.17, 15) is 8.42 Å². The molecule has 6 nitrogen and oxygen atoms in total. The first kappa shape index (κ1) is 17.4. The van der Waals surface area contributed by atoms with Crippen molar-refractivity contribution in [2.24, 2.45) is 5.92 Å². The van der Waals surface area contributed by atoms with Gasteiger partial charge in [0.2, 0.25) is 10.0 Å². The molecule has 2 heterocycles. The fourth-order valence-electron chi connectivity index (χ4n) is 2.91. The highest BCUT2D eigenvalue weighted by Crippen LogP contribution is 2.24. The van der Waals surface area contributed by atoms with Gasteiger partial charge >= 0.3 is 0 Å². The Bertz CT molecular complexity index is 837. The van der Waals surface area contributed by atoms with Gasteiger partial charge in [0, 0.05) is 25.8 Å². The van der Waals surface area contributed by atoms with Crippen molar-refractivity contribution in [1.29, 1.82) is 5.26 Å². The number of hydrogen-bond acceptors (Lipinski definition) is 5. The van der Waals surface area contributed by atoms with Crippen molar-refractivity contribution in [3.05, 3.63) is 54.2 Å². The van der Waals surface area contributed by atoms with Crippen LogP contribution in [0.15, 0.2) is 53.6 Å². The number of nitrogens with one attached hydrogen (secondary N) is 1. The van der Waals surface area contributed by atoms with Crippen LogP contribution in [0.3, 0.4) is 0 Å². The van der Waals surface area contributed by atoms with Crippen molar-refractivity contribution in [2.45, 2.75) is 17.7 Å². The zero-order valence-corrected chi connectivity index (χ0v) is 14.6. The third-order valence-corrected chi connectivity index (χ3v) is 6.33. The van der Waals surface area contributed by atoms with Gasteiger partial charge in [0.25, 0.3) is 0 Å². The molecule has 7 heteroatoms. The van der Waals surface area contributed by atoms with Gasteiger partial charge in [-0.2, -0.15) is 9.57 Å². The molecule has 1 aromatic heterocycles. The summed E-state index contributed by atoms with van der Waals surface area (Å²) in [7, 11) is -3.39. The molecule has 1 aromatic carbocycles. The van der Waals surface area contributed by atoms with Crippen molar-refractivity contribution < 1.29 is 8.42 Å². The Kier molecular flexibility index (Phi) is 5.31. The Morgan fingerprint density at radius 1 is 1.16 bits per heavy atom. The molecule has 0 aliphatic carbocycles. The molecule has 0 atom stereocenters. The number of nitrogens with zero attached hydrogens (tertiary/aromatic N) is 3. The molecule has 2 aromatic rings. The molecule has 0 saturated carbocycles. The van der Waals surface area contributed by atoms with Crippen molar-refractivity contribution in [1.82, 2.24) is 9.29 Å². The van der Waals surface area contributed by atoms with E-state index >= 15 is 0 Å². The summed E-state index contributed by atoms with van der Waals surface area (Å²) >= 11 is 0. The quantitative estimate of drug-likeness (QED) is 0.889. The van der Waals surface area contributed by atoms with Gasteiger partial charge in [-0.05, 0) is 43.0 Å². The van der Waals surface area contributed by atoms with Crippen molar-refractivity contribution in [3.63, 3.8) is 0 Å². The molecule has 0 radical (unpaired) electrons. The molecule has 25 heavy (non-hydrogen) atoms. The van der Waals surface area contributed by atoms with Gasteiger partial charge in [-0.15, -0.1) is 0 Å². The van der Waals surface area contributed by atoms with Crippen LogP contribution < -0.4 is 5.32 Å². The molecule has 3 rings (SSSR count). The second-order valence-corrected chi connectivity index (χ2v) is 8.02. The number of sulfonamides is 1. The van der Waals surface area contributed by atoms with Crippen molar-refractivity contribution >= 4 is 15.8 Å². The SMILES string of the molecule is N#Cc1ccc(NCC2CCN(S(=O)(=O)c3ccccc3)CC2)nc1. The summed E-state index contributed by atoms with van der Waals surface area (Å²) in [6.45, 7) is 1.81. The molecular formula is C18H20N4O2S. The Hall–Kier alpha value is -2.43. The first-order valence-electron chi connectivity index (χ1n) is 8.25. The van der Waals surface area contributed by atoms with E-state index in [1.165, 1.54) is 6.20 Å². The van der Waals surface area contributed by atoms with Gasteiger partial charge < -0.3 is 5.32 Å². The van der Waals surface area contributed by atoms with Crippen LogP contribution in [0.25, 0.3) is 0 Å². The molecule has 1 fully saturated rings. The highest BCUT2D eigenvalue weighted by Gasteiger charge is 2.29. The number of aromatic nitrogens is 1. The molecule has 0 amide bonds. The van der Waals surface area contributed by atoms with E-state index in [1.54, 1.807) is 40.7 Å². The molecule has 0 spiro atoms. The first-order valence-corrected chi connectivity index (χ1v) is 9.69. The number of anilines is 1. The standard InChI is InChI=1S/C18H20N4O2S/c19-12-16-6-7-18(21-14-16)20-13-15-8-10-22(11-9-15)25(23,24)17-4-2-1-3-5-17/h1-7,14-15H,8-11,13H2,(H,20,21). The van der Waals surface area contributed by atoms with Crippen LogP contribution in [0.1, 0.15) is 18.4 Å². The average Bonchev–Trinajstić information content (AvgIpc) is 2.68. The third kappa shape index (κ3) is 4.16. The second-order valence-electron chi connectivity index (χ2n) is 6.09. The monoisotopic (exact) mass is 356 g/mol. The highest BCUT2D eigenvalue weighted by atomic mass is 32.2. The zero-order valence-electron chi connectivity index (χ0n) is 13.8. The van der Waals surface area contributed by atoms with E-state index in [-0.39, 0.29) is 0 Å². The number of pyridine rings is 1. The number of rotatable bonds is 5. The lowest BCUT2D eigenvalue weighted by Gasteiger charge is -2.31.